The average molecular weight is 332 g/mol. The maximum absolute atomic E-state index is 4.49. The number of nitrogens with zero attached hydrogens (tertiary/aromatic N) is 3. The van der Waals surface area contributed by atoms with E-state index in [1.807, 2.05) is 12.4 Å². The first-order valence-electron chi connectivity index (χ1n) is 6.90. The SMILES string of the molecule is CC1(c2ncc(Br)cn2)CCN(Cc2ccccc2)C1. The Balaban J connectivity index is 1.71. The Bertz CT molecular complexity index is 570. The molecule has 2 aromatic rings. The van der Waals surface area contributed by atoms with Crippen LogP contribution in [0.3, 0.4) is 0 Å². The summed E-state index contributed by atoms with van der Waals surface area (Å²) in [5.74, 6) is 0.955. The van der Waals surface area contributed by atoms with Crippen molar-refractivity contribution in [2.24, 2.45) is 0 Å². The topological polar surface area (TPSA) is 29.0 Å². The fourth-order valence-corrected chi connectivity index (χ4v) is 3.04. The normalized spacial score (nSPS) is 23.1. The molecule has 0 amide bonds. The molecule has 0 saturated carbocycles. The van der Waals surface area contributed by atoms with Crippen molar-refractivity contribution in [3.05, 3.63) is 58.6 Å². The molecule has 0 N–H and O–H groups in total. The van der Waals surface area contributed by atoms with Crippen molar-refractivity contribution >= 4 is 15.9 Å². The van der Waals surface area contributed by atoms with Crippen LogP contribution < -0.4 is 0 Å². The number of hydrogen-bond donors (Lipinski definition) is 0. The zero-order valence-electron chi connectivity index (χ0n) is 11.6. The molecule has 1 fully saturated rings. The van der Waals surface area contributed by atoms with Gasteiger partial charge in [0.2, 0.25) is 0 Å². The molecule has 0 radical (unpaired) electrons. The van der Waals surface area contributed by atoms with Gasteiger partial charge in [-0.3, -0.25) is 4.90 Å². The first kappa shape index (κ1) is 13.7. The number of likely N-dealkylation sites (tertiary alicyclic amines) is 1. The third kappa shape index (κ3) is 2.91. The quantitative estimate of drug-likeness (QED) is 0.863. The van der Waals surface area contributed by atoms with Gasteiger partial charge in [0, 0.05) is 30.9 Å². The zero-order valence-corrected chi connectivity index (χ0v) is 13.2. The molecule has 1 aromatic carbocycles. The summed E-state index contributed by atoms with van der Waals surface area (Å²) in [6.07, 6.45) is 4.79. The van der Waals surface area contributed by atoms with Crippen LogP contribution in [0.15, 0.2) is 47.2 Å². The van der Waals surface area contributed by atoms with Gasteiger partial charge < -0.3 is 0 Å². The van der Waals surface area contributed by atoms with Crippen molar-refractivity contribution in [1.82, 2.24) is 14.9 Å². The van der Waals surface area contributed by atoms with E-state index < -0.39 is 0 Å². The van der Waals surface area contributed by atoms with E-state index in [1.165, 1.54) is 5.56 Å². The van der Waals surface area contributed by atoms with Crippen molar-refractivity contribution < 1.29 is 0 Å². The minimum Gasteiger partial charge on any atom is -0.298 e. The molecule has 2 heterocycles. The van der Waals surface area contributed by atoms with Crippen molar-refractivity contribution in [3.8, 4) is 0 Å². The summed E-state index contributed by atoms with van der Waals surface area (Å²) in [5, 5.41) is 0. The van der Waals surface area contributed by atoms with E-state index in [9.17, 15) is 0 Å². The van der Waals surface area contributed by atoms with E-state index in [2.05, 4.69) is 68.1 Å². The molecule has 104 valence electrons. The van der Waals surface area contributed by atoms with E-state index >= 15 is 0 Å². The maximum atomic E-state index is 4.49. The van der Waals surface area contributed by atoms with Crippen LogP contribution in [0.2, 0.25) is 0 Å². The molecular weight excluding hydrogens is 314 g/mol. The molecule has 3 rings (SSSR count). The number of benzene rings is 1. The average Bonchev–Trinajstić information content (AvgIpc) is 2.83. The number of halogens is 1. The standard InChI is InChI=1S/C16H18BrN3/c1-16(15-18-9-14(17)10-19-15)7-8-20(12-16)11-13-5-3-2-4-6-13/h2-6,9-10H,7-8,11-12H2,1H3. The molecular formula is C16H18BrN3. The van der Waals surface area contributed by atoms with Gasteiger partial charge in [0.15, 0.2) is 0 Å². The van der Waals surface area contributed by atoms with Gasteiger partial charge in [0.25, 0.3) is 0 Å². The fraction of sp³-hybridized carbons (Fsp3) is 0.375. The van der Waals surface area contributed by atoms with Crippen molar-refractivity contribution in [2.75, 3.05) is 13.1 Å². The largest absolute Gasteiger partial charge is 0.298 e. The third-order valence-corrected chi connectivity index (χ3v) is 4.37. The molecule has 0 spiro atoms. The minimum absolute atomic E-state index is 0.0650. The fourth-order valence-electron chi connectivity index (χ4n) is 2.84. The second-order valence-electron chi connectivity index (χ2n) is 5.73. The lowest BCUT2D eigenvalue weighted by Gasteiger charge is -2.23. The summed E-state index contributed by atoms with van der Waals surface area (Å²) in [4.78, 5) is 11.5. The van der Waals surface area contributed by atoms with Crippen molar-refractivity contribution in [3.63, 3.8) is 0 Å². The molecule has 0 aliphatic carbocycles. The first-order valence-corrected chi connectivity index (χ1v) is 7.69. The predicted octanol–water partition coefficient (Wildman–Crippen LogP) is 3.40. The van der Waals surface area contributed by atoms with Crippen molar-refractivity contribution in [1.29, 1.82) is 0 Å². The highest BCUT2D eigenvalue weighted by molar-refractivity contribution is 9.10. The third-order valence-electron chi connectivity index (χ3n) is 3.96. The number of aromatic nitrogens is 2. The smallest absolute Gasteiger partial charge is 0.135 e. The Hall–Kier alpha value is -1.26. The number of hydrogen-bond acceptors (Lipinski definition) is 3. The molecule has 1 aliphatic heterocycles. The Morgan fingerprint density at radius 1 is 1.20 bits per heavy atom. The molecule has 3 nitrogen and oxygen atoms in total. The van der Waals surface area contributed by atoms with Gasteiger partial charge in [0.05, 0.1) is 4.47 Å². The lowest BCUT2D eigenvalue weighted by molar-refractivity contribution is 0.305. The Labute approximate surface area is 128 Å². The van der Waals surface area contributed by atoms with Gasteiger partial charge in [-0.2, -0.15) is 0 Å². The van der Waals surface area contributed by atoms with E-state index in [1.54, 1.807) is 0 Å². The van der Waals surface area contributed by atoms with Gasteiger partial charge in [-0.05, 0) is 34.5 Å². The van der Waals surface area contributed by atoms with Crippen LogP contribution in [0.4, 0.5) is 0 Å². The summed E-state index contributed by atoms with van der Waals surface area (Å²) < 4.78 is 0.934. The van der Waals surface area contributed by atoms with E-state index in [0.29, 0.717) is 0 Å². The Morgan fingerprint density at radius 2 is 1.90 bits per heavy atom. The van der Waals surface area contributed by atoms with Crippen LogP contribution in [0.1, 0.15) is 24.7 Å². The molecule has 20 heavy (non-hydrogen) atoms. The van der Waals surface area contributed by atoms with Crippen LogP contribution in [-0.4, -0.2) is 28.0 Å². The first-order chi connectivity index (χ1) is 9.66. The van der Waals surface area contributed by atoms with E-state index in [-0.39, 0.29) is 5.41 Å². The molecule has 1 unspecified atom stereocenters. The molecule has 1 aliphatic rings. The number of rotatable bonds is 3. The second-order valence-corrected chi connectivity index (χ2v) is 6.65. The van der Waals surface area contributed by atoms with Crippen molar-refractivity contribution in [2.45, 2.75) is 25.3 Å². The lowest BCUT2D eigenvalue weighted by Crippen LogP contribution is -2.29. The summed E-state index contributed by atoms with van der Waals surface area (Å²) in [5.41, 5.74) is 1.43. The van der Waals surface area contributed by atoms with Gasteiger partial charge in [0.1, 0.15) is 5.82 Å². The molecule has 4 heteroatoms. The van der Waals surface area contributed by atoms with Crippen LogP contribution in [0.25, 0.3) is 0 Å². The highest BCUT2D eigenvalue weighted by Crippen LogP contribution is 2.32. The van der Waals surface area contributed by atoms with Crippen LogP contribution in [0, 0.1) is 0 Å². The van der Waals surface area contributed by atoms with Gasteiger partial charge in [-0.15, -0.1) is 0 Å². The maximum Gasteiger partial charge on any atom is 0.135 e. The van der Waals surface area contributed by atoms with E-state index in [0.717, 1.165) is 36.4 Å². The summed E-state index contributed by atoms with van der Waals surface area (Å²) in [6, 6.07) is 10.6. The minimum atomic E-state index is 0.0650. The highest BCUT2D eigenvalue weighted by atomic mass is 79.9. The van der Waals surface area contributed by atoms with Crippen LogP contribution >= 0.6 is 15.9 Å². The molecule has 1 aromatic heterocycles. The summed E-state index contributed by atoms with van der Waals surface area (Å²) in [7, 11) is 0. The summed E-state index contributed by atoms with van der Waals surface area (Å²) in [6.45, 7) is 5.39. The Morgan fingerprint density at radius 3 is 2.60 bits per heavy atom. The molecule has 1 saturated heterocycles. The zero-order chi connectivity index (χ0) is 14.0. The van der Waals surface area contributed by atoms with Crippen LogP contribution in [0.5, 0.6) is 0 Å². The highest BCUT2D eigenvalue weighted by Gasteiger charge is 2.37. The van der Waals surface area contributed by atoms with Crippen LogP contribution in [-0.2, 0) is 12.0 Å². The lowest BCUT2D eigenvalue weighted by atomic mass is 9.89. The summed E-state index contributed by atoms with van der Waals surface area (Å²) >= 11 is 3.39. The monoisotopic (exact) mass is 331 g/mol. The Kier molecular flexibility index (Phi) is 3.85. The predicted molar refractivity (Wildman–Crippen MR) is 83.4 cm³/mol. The van der Waals surface area contributed by atoms with Gasteiger partial charge in [-0.1, -0.05) is 37.3 Å². The molecule has 1 atom stereocenters. The van der Waals surface area contributed by atoms with Gasteiger partial charge in [-0.25, -0.2) is 9.97 Å². The van der Waals surface area contributed by atoms with Gasteiger partial charge >= 0.3 is 0 Å². The molecule has 0 bridgehead atoms. The second kappa shape index (κ2) is 5.62. The van der Waals surface area contributed by atoms with E-state index in [4.69, 9.17) is 0 Å².